The summed E-state index contributed by atoms with van der Waals surface area (Å²) in [6.07, 6.45) is 8.21. The second-order valence-electron chi connectivity index (χ2n) is 6.84. The van der Waals surface area contributed by atoms with Crippen molar-refractivity contribution in [2.24, 2.45) is 0 Å². The van der Waals surface area contributed by atoms with E-state index >= 15 is 0 Å². The molecule has 3 nitrogen and oxygen atoms in total. The van der Waals surface area contributed by atoms with Crippen molar-refractivity contribution >= 4 is 10.1 Å². The van der Waals surface area contributed by atoms with Gasteiger partial charge in [0.1, 0.15) is 0 Å². The van der Waals surface area contributed by atoms with E-state index in [-0.39, 0.29) is 12.0 Å². The van der Waals surface area contributed by atoms with Crippen LogP contribution in [-0.2, 0) is 14.3 Å². The molecule has 2 aromatic rings. The maximum absolute atomic E-state index is 11.8. The second kappa shape index (κ2) is 8.19. The lowest BCUT2D eigenvalue weighted by atomic mass is 9.90. The average molecular weight is 371 g/mol. The van der Waals surface area contributed by atoms with Gasteiger partial charge in [-0.05, 0) is 47.9 Å². The smallest absolute Gasteiger partial charge is 0.264 e. The highest BCUT2D eigenvalue weighted by molar-refractivity contribution is 7.86. The predicted octanol–water partition coefficient (Wildman–Crippen LogP) is 5.28. The lowest BCUT2D eigenvalue weighted by Crippen LogP contribution is -2.20. The molecule has 0 aliphatic heterocycles. The van der Waals surface area contributed by atoms with E-state index in [4.69, 9.17) is 4.18 Å². The van der Waals surface area contributed by atoms with Gasteiger partial charge < -0.3 is 0 Å². The third-order valence-electron chi connectivity index (χ3n) is 4.83. The molecule has 0 bridgehead atoms. The van der Waals surface area contributed by atoms with Crippen molar-refractivity contribution < 1.29 is 12.6 Å². The van der Waals surface area contributed by atoms with Gasteiger partial charge in [-0.25, -0.2) is 0 Å². The number of allylic oxidation sites excluding steroid dienone is 2. The van der Waals surface area contributed by atoms with Crippen LogP contribution in [0.3, 0.4) is 0 Å². The van der Waals surface area contributed by atoms with Crippen LogP contribution in [0.25, 0.3) is 11.1 Å². The zero-order valence-electron chi connectivity index (χ0n) is 15.4. The van der Waals surface area contributed by atoms with E-state index in [0.29, 0.717) is 12.8 Å². The molecule has 0 heterocycles. The maximum Gasteiger partial charge on any atom is 0.264 e. The predicted molar refractivity (Wildman–Crippen MR) is 107 cm³/mol. The van der Waals surface area contributed by atoms with Crippen LogP contribution in [0.4, 0.5) is 0 Å². The van der Waals surface area contributed by atoms with Crippen LogP contribution in [0.5, 0.6) is 0 Å². The van der Waals surface area contributed by atoms with Crippen molar-refractivity contribution in [1.29, 1.82) is 0 Å². The van der Waals surface area contributed by atoms with Crippen molar-refractivity contribution in [1.82, 2.24) is 0 Å². The fourth-order valence-electron chi connectivity index (χ4n) is 3.80. The SMILES string of the molecule is CC/C=C/CC[C@@H](CC1c2ccccc2-c2ccccc21)OS(C)(=O)=O. The number of hydrogen-bond donors (Lipinski definition) is 0. The van der Waals surface area contributed by atoms with Crippen LogP contribution in [0.2, 0.25) is 0 Å². The monoisotopic (exact) mass is 370 g/mol. The number of benzene rings is 2. The zero-order chi connectivity index (χ0) is 18.6. The minimum Gasteiger partial charge on any atom is -0.267 e. The molecule has 0 saturated heterocycles. The summed E-state index contributed by atoms with van der Waals surface area (Å²) in [4.78, 5) is 0. The molecule has 1 aliphatic rings. The minimum atomic E-state index is -3.49. The highest BCUT2D eigenvalue weighted by Crippen LogP contribution is 2.47. The Labute approximate surface area is 156 Å². The molecule has 0 radical (unpaired) electrons. The summed E-state index contributed by atoms with van der Waals surface area (Å²) in [5.41, 5.74) is 5.02. The van der Waals surface area contributed by atoms with Crippen LogP contribution < -0.4 is 0 Å². The molecule has 1 atom stereocenters. The number of fused-ring (bicyclic) bond motifs is 3. The third kappa shape index (κ3) is 4.43. The van der Waals surface area contributed by atoms with E-state index in [9.17, 15) is 8.42 Å². The van der Waals surface area contributed by atoms with E-state index in [1.54, 1.807) is 0 Å². The van der Waals surface area contributed by atoms with Gasteiger partial charge in [-0.15, -0.1) is 0 Å². The van der Waals surface area contributed by atoms with Crippen molar-refractivity contribution in [3.63, 3.8) is 0 Å². The van der Waals surface area contributed by atoms with Crippen molar-refractivity contribution in [3.8, 4) is 11.1 Å². The summed E-state index contributed by atoms with van der Waals surface area (Å²) in [5, 5.41) is 0. The van der Waals surface area contributed by atoms with E-state index in [0.717, 1.165) is 19.1 Å². The Hall–Kier alpha value is -1.91. The molecular formula is C22H26O3S. The molecule has 0 N–H and O–H groups in total. The first kappa shape index (κ1) is 18.9. The summed E-state index contributed by atoms with van der Waals surface area (Å²) in [7, 11) is -3.49. The molecule has 0 amide bonds. The van der Waals surface area contributed by atoms with Crippen molar-refractivity contribution in [3.05, 3.63) is 71.8 Å². The topological polar surface area (TPSA) is 43.4 Å². The summed E-state index contributed by atoms with van der Waals surface area (Å²) in [6, 6.07) is 16.8. The van der Waals surface area contributed by atoms with Gasteiger partial charge in [0.25, 0.3) is 10.1 Å². The first-order valence-electron chi connectivity index (χ1n) is 9.21. The third-order valence-corrected chi connectivity index (χ3v) is 5.45. The maximum atomic E-state index is 11.8. The summed E-state index contributed by atoms with van der Waals surface area (Å²) in [6.45, 7) is 2.09. The molecule has 0 spiro atoms. The first-order valence-corrected chi connectivity index (χ1v) is 11.0. The van der Waals surface area contributed by atoms with Gasteiger partial charge in [-0.3, -0.25) is 4.18 Å². The number of rotatable bonds is 8. The molecule has 2 aromatic carbocycles. The normalized spacial score (nSPS) is 15.2. The van der Waals surface area contributed by atoms with E-state index in [2.05, 4.69) is 55.5 Å². The minimum absolute atomic E-state index is 0.171. The van der Waals surface area contributed by atoms with Crippen LogP contribution in [-0.4, -0.2) is 20.8 Å². The van der Waals surface area contributed by atoms with Gasteiger partial charge in [0.05, 0.1) is 12.4 Å². The molecule has 4 heteroatoms. The molecule has 0 saturated carbocycles. The second-order valence-corrected chi connectivity index (χ2v) is 8.44. The van der Waals surface area contributed by atoms with E-state index in [1.807, 2.05) is 12.1 Å². The van der Waals surface area contributed by atoms with Gasteiger partial charge in [0.15, 0.2) is 0 Å². The molecule has 0 fully saturated rings. The van der Waals surface area contributed by atoms with E-state index in [1.165, 1.54) is 22.3 Å². The molecular weight excluding hydrogens is 344 g/mol. The molecule has 0 aromatic heterocycles. The lowest BCUT2D eigenvalue weighted by molar-refractivity contribution is 0.186. The van der Waals surface area contributed by atoms with Gasteiger partial charge in [-0.2, -0.15) is 8.42 Å². The largest absolute Gasteiger partial charge is 0.267 e. The van der Waals surface area contributed by atoms with Crippen LogP contribution >= 0.6 is 0 Å². The number of hydrogen-bond acceptors (Lipinski definition) is 3. The van der Waals surface area contributed by atoms with Gasteiger partial charge in [0, 0.05) is 5.92 Å². The Morgan fingerprint density at radius 1 is 1.00 bits per heavy atom. The van der Waals surface area contributed by atoms with Gasteiger partial charge in [0.2, 0.25) is 0 Å². The van der Waals surface area contributed by atoms with Crippen LogP contribution in [0.15, 0.2) is 60.7 Å². The Morgan fingerprint density at radius 2 is 1.58 bits per heavy atom. The van der Waals surface area contributed by atoms with Crippen LogP contribution in [0, 0.1) is 0 Å². The first-order chi connectivity index (χ1) is 12.5. The average Bonchev–Trinajstić information content (AvgIpc) is 2.92. The highest BCUT2D eigenvalue weighted by Gasteiger charge is 2.31. The lowest BCUT2D eigenvalue weighted by Gasteiger charge is -2.21. The summed E-state index contributed by atoms with van der Waals surface area (Å²) in [5.74, 6) is 0.171. The molecule has 26 heavy (non-hydrogen) atoms. The standard InChI is InChI=1S/C22H26O3S/c1-3-4-5-6-11-17(25-26(2,23)24)16-22-20-14-9-7-12-18(20)19-13-8-10-15-21(19)22/h4-5,7-10,12-15,17,22H,3,6,11,16H2,1-2H3/b5-4+/t17-/m0/s1. The summed E-state index contributed by atoms with van der Waals surface area (Å²) >= 11 is 0. The Balaban J connectivity index is 1.86. The highest BCUT2D eigenvalue weighted by atomic mass is 32.2. The van der Waals surface area contributed by atoms with Gasteiger partial charge >= 0.3 is 0 Å². The summed E-state index contributed by atoms with van der Waals surface area (Å²) < 4.78 is 29.0. The van der Waals surface area contributed by atoms with E-state index < -0.39 is 10.1 Å². The molecule has 138 valence electrons. The Morgan fingerprint density at radius 3 is 2.12 bits per heavy atom. The van der Waals surface area contributed by atoms with Crippen molar-refractivity contribution in [2.45, 2.75) is 44.6 Å². The fourth-order valence-corrected chi connectivity index (χ4v) is 4.46. The van der Waals surface area contributed by atoms with Crippen molar-refractivity contribution in [2.75, 3.05) is 6.26 Å². The quantitative estimate of drug-likeness (QED) is 0.469. The molecule has 3 rings (SSSR count). The fraction of sp³-hybridized carbons (Fsp3) is 0.364. The van der Waals surface area contributed by atoms with Gasteiger partial charge in [-0.1, -0.05) is 67.6 Å². The Kier molecular flexibility index (Phi) is 5.94. The Bertz CT molecular complexity index is 838. The zero-order valence-corrected chi connectivity index (χ0v) is 16.2. The molecule has 0 unspecified atom stereocenters. The molecule has 1 aliphatic carbocycles. The van der Waals surface area contributed by atoms with Crippen LogP contribution in [0.1, 0.15) is 49.7 Å².